The summed E-state index contributed by atoms with van der Waals surface area (Å²) in [6.45, 7) is 0. The van der Waals surface area contributed by atoms with Crippen LogP contribution in [0.2, 0.25) is 0 Å². The van der Waals surface area contributed by atoms with Crippen LogP contribution >= 0.6 is 11.8 Å². The number of aliphatic imine (C=N–C) groups is 1. The zero-order valence-corrected chi connectivity index (χ0v) is 22.0. The van der Waals surface area contributed by atoms with Gasteiger partial charge < -0.3 is 0 Å². The lowest BCUT2D eigenvalue weighted by molar-refractivity contribution is 0.899. The van der Waals surface area contributed by atoms with Crippen LogP contribution in [-0.4, -0.2) is 5.17 Å². The van der Waals surface area contributed by atoms with Crippen LogP contribution in [0.1, 0.15) is 17.2 Å². The van der Waals surface area contributed by atoms with Gasteiger partial charge in [0.1, 0.15) is 0 Å². The summed E-state index contributed by atoms with van der Waals surface area (Å²) in [6, 6.07) is 47.9. The van der Waals surface area contributed by atoms with Gasteiger partial charge in [-0.3, -0.25) is 4.90 Å². The third-order valence-electron chi connectivity index (χ3n) is 7.69. The molecule has 1 unspecified atom stereocenters. The predicted molar refractivity (Wildman–Crippen MR) is 166 cm³/mol. The molecule has 39 heavy (non-hydrogen) atoms. The third kappa shape index (κ3) is 3.70. The van der Waals surface area contributed by atoms with Crippen LogP contribution in [0.25, 0.3) is 38.4 Å². The van der Waals surface area contributed by atoms with Crippen molar-refractivity contribution in [2.45, 2.75) is 10.9 Å². The Hall–Kier alpha value is -4.60. The van der Waals surface area contributed by atoms with Crippen molar-refractivity contribution in [3.8, 4) is 11.1 Å². The highest BCUT2D eigenvalue weighted by Crippen LogP contribution is 2.49. The van der Waals surface area contributed by atoms with E-state index in [1.807, 2.05) is 0 Å². The third-order valence-corrected chi connectivity index (χ3v) is 8.71. The van der Waals surface area contributed by atoms with Gasteiger partial charge in [0.15, 0.2) is 5.17 Å². The van der Waals surface area contributed by atoms with Gasteiger partial charge in [0.05, 0.1) is 17.4 Å². The van der Waals surface area contributed by atoms with E-state index in [2.05, 4.69) is 144 Å². The molecular weight excluding hydrogens is 492 g/mol. The molecule has 2 heterocycles. The molecule has 3 heteroatoms. The van der Waals surface area contributed by atoms with Gasteiger partial charge in [-0.15, -0.1) is 0 Å². The summed E-state index contributed by atoms with van der Waals surface area (Å²) in [4.78, 5) is 8.79. The molecule has 0 saturated carbocycles. The van der Waals surface area contributed by atoms with Crippen molar-refractivity contribution in [3.05, 3.63) is 151 Å². The number of fused-ring (bicyclic) bond motifs is 6. The topological polar surface area (TPSA) is 15.6 Å². The van der Waals surface area contributed by atoms with Gasteiger partial charge in [0.25, 0.3) is 0 Å². The number of amidine groups is 1. The van der Waals surface area contributed by atoms with E-state index in [-0.39, 0.29) is 6.04 Å². The lowest BCUT2D eigenvalue weighted by Crippen LogP contribution is -2.27. The smallest absolute Gasteiger partial charge is 0.174 e. The maximum Gasteiger partial charge on any atom is 0.174 e. The Morgan fingerprint density at radius 1 is 0.590 bits per heavy atom. The van der Waals surface area contributed by atoms with Gasteiger partial charge in [0.2, 0.25) is 0 Å². The first-order valence-corrected chi connectivity index (χ1v) is 14.1. The molecule has 6 aromatic rings. The first-order valence-electron chi connectivity index (χ1n) is 13.3. The lowest BCUT2D eigenvalue weighted by Gasteiger charge is -2.29. The number of thioether (sulfide) groups is 1. The van der Waals surface area contributed by atoms with Gasteiger partial charge >= 0.3 is 0 Å². The normalized spacial score (nSPS) is 16.1. The molecule has 0 fully saturated rings. The van der Waals surface area contributed by atoms with Crippen molar-refractivity contribution in [1.29, 1.82) is 0 Å². The Morgan fingerprint density at radius 3 is 2.10 bits per heavy atom. The lowest BCUT2D eigenvalue weighted by atomic mass is 9.93. The van der Waals surface area contributed by atoms with Crippen LogP contribution in [-0.2, 0) is 0 Å². The van der Waals surface area contributed by atoms with Crippen LogP contribution in [0.3, 0.4) is 0 Å². The molecule has 2 aliphatic rings. The zero-order valence-electron chi connectivity index (χ0n) is 21.2. The highest BCUT2D eigenvalue weighted by Gasteiger charge is 2.34. The predicted octanol–water partition coefficient (Wildman–Crippen LogP) is 9.72. The Balaban J connectivity index is 1.28. The second kappa shape index (κ2) is 9.00. The first kappa shape index (κ1) is 22.4. The van der Waals surface area contributed by atoms with Crippen LogP contribution in [0, 0.1) is 0 Å². The van der Waals surface area contributed by atoms with Gasteiger partial charge in [-0.05, 0) is 79.8 Å². The molecule has 2 aliphatic heterocycles. The fourth-order valence-electron chi connectivity index (χ4n) is 5.84. The standard InChI is InChI=1S/C36H24N2S/c1-3-11-24(12-4-1)32-23-34(25-13-5-2-6-14-25)38-33-20-19-27(22-35(33)39-36(38)37-32)31-21-26-15-7-8-16-28(26)29-17-9-10-18-30(29)31/h1-23,32H. The molecule has 2 nitrogen and oxygen atoms in total. The largest absolute Gasteiger partial charge is 0.288 e. The summed E-state index contributed by atoms with van der Waals surface area (Å²) in [6.07, 6.45) is 2.30. The molecule has 0 aliphatic carbocycles. The number of rotatable bonds is 3. The monoisotopic (exact) mass is 516 g/mol. The Kier molecular flexibility index (Phi) is 5.17. The first-order chi connectivity index (χ1) is 19.3. The molecule has 0 saturated heterocycles. The molecule has 8 rings (SSSR count). The number of hydrogen-bond donors (Lipinski definition) is 0. The molecule has 0 N–H and O–H groups in total. The maximum absolute atomic E-state index is 5.23. The van der Waals surface area contributed by atoms with E-state index in [9.17, 15) is 0 Å². The summed E-state index contributed by atoms with van der Waals surface area (Å²) in [7, 11) is 0. The van der Waals surface area contributed by atoms with Gasteiger partial charge in [-0.2, -0.15) is 0 Å². The Labute approximate surface area is 232 Å². The molecule has 0 aromatic heterocycles. The molecular formula is C36H24N2S. The average Bonchev–Trinajstić information content (AvgIpc) is 3.39. The van der Waals surface area contributed by atoms with Crippen LogP contribution in [0.5, 0.6) is 0 Å². The number of anilines is 1. The summed E-state index contributed by atoms with van der Waals surface area (Å²) >= 11 is 1.77. The molecule has 1 atom stereocenters. The SMILES string of the molecule is C1=C(c2ccccc2)N2C(=NC1c1ccccc1)Sc1cc(-c3cc4ccccc4c4ccccc34)ccc12. The van der Waals surface area contributed by atoms with Crippen molar-refractivity contribution < 1.29 is 0 Å². The van der Waals surface area contributed by atoms with Gasteiger partial charge in [-0.1, -0.05) is 115 Å². The minimum atomic E-state index is -0.0154. The van der Waals surface area contributed by atoms with Crippen molar-refractivity contribution in [2.24, 2.45) is 4.99 Å². The van der Waals surface area contributed by atoms with Gasteiger partial charge in [0, 0.05) is 4.90 Å². The summed E-state index contributed by atoms with van der Waals surface area (Å²) in [5.41, 5.74) is 7.27. The quantitative estimate of drug-likeness (QED) is 0.218. The van der Waals surface area contributed by atoms with Crippen LogP contribution < -0.4 is 4.90 Å². The van der Waals surface area contributed by atoms with Crippen LogP contribution in [0.4, 0.5) is 5.69 Å². The van der Waals surface area contributed by atoms with Crippen LogP contribution in [0.15, 0.2) is 149 Å². The van der Waals surface area contributed by atoms with Crippen molar-refractivity contribution in [2.75, 3.05) is 4.90 Å². The van der Waals surface area contributed by atoms with Crippen molar-refractivity contribution in [3.63, 3.8) is 0 Å². The molecule has 0 amide bonds. The highest BCUT2D eigenvalue weighted by molar-refractivity contribution is 8.14. The number of hydrogen-bond acceptors (Lipinski definition) is 3. The minimum Gasteiger partial charge on any atom is -0.288 e. The maximum atomic E-state index is 5.23. The second-order valence-electron chi connectivity index (χ2n) is 10.00. The van der Waals surface area contributed by atoms with Crippen molar-refractivity contribution in [1.82, 2.24) is 0 Å². The van der Waals surface area contributed by atoms with Gasteiger partial charge in [-0.25, -0.2) is 4.99 Å². The fraction of sp³-hybridized carbons (Fsp3) is 0.0278. The summed E-state index contributed by atoms with van der Waals surface area (Å²) in [5, 5.41) is 6.16. The Bertz CT molecular complexity index is 1940. The van der Waals surface area contributed by atoms with E-state index in [0.29, 0.717) is 0 Å². The second-order valence-corrected chi connectivity index (χ2v) is 11.0. The highest BCUT2D eigenvalue weighted by atomic mass is 32.2. The van der Waals surface area contributed by atoms with E-state index in [1.54, 1.807) is 11.8 Å². The number of benzene rings is 6. The zero-order chi connectivity index (χ0) is 25.8. The van der Waals surface area contributed by atoms with E-state index in [0.717, 1.165) is 5.17 Å². The van der Waals surface area contributed by atoms with E-state index >= 15 is 0 Å². The summed E-state index contributed by atoms with van der Waals surface area (Å²) in [5.74, 6) is 0. The molecule has 0 radical (unpaired) electrons. The molecule has 0 spiro atoms. The fourth-order valence-corrected chi connectivity index (χ4v) is 6.94. The number of nitrogens with zero attached hydrogens (tertiary/aromatic N) is 2. The minimum absolute atomic E-state index is 0.0154. The molecule has 0 bridgehead atoms. The Morgan fingerprint density at radius 2 is 1.28 bits per heavy atom. The molecule has 6 aromatic carbocycles. The average molecular weight is 517 g/mol. The van der Waals surface area contributed by atoms with Crippen molar-refractivity contribution >= 4 is 49.9 Å². The van der Waals surface area contributed by atoms with E-state index < -0.39 is 0 Å². The summed E-state index contributed by atoms with van der Waals surface area (Å²) < 4.78 is 0. The molecule has 184 valence electrons. The van der Waals surface area contributed by atoms with E-state index in [1.165, 1.54) is 60.1 Å². The van der Waals surface area contributed by atoms with E-state index in [4.69, 9.17) is 4.99 Å².